The highest BCUT2D eigenvalue weighted by molar-refractivity contribution is 7.89. The average Bonchev–Trinajstić information content (AvgIpc) is 3.30. The third kappa shape index (κ3) is 5.44. The van der Waals surface area contributed by atoms with Crippen LogP contribution in [0.15, 0.2) is 64.6 Å². The van der Waals surface area contributed by atoms with Gasteiger partial charge in [0, 0.05) is 18.7 Å². The molecule has 1 aliphatic carbocycles. The Labute approximate surface area is 265 Å². The van der Waals surface area contributed by atoms with Crippen molar-refractivity contribution in [2.24, 2.45) is 5.10 Å². The van der Waals surface area contributed by atoms with Crippen molar-refractivity contribution >= 4 is 27.9 Å². The SMILES string of the molecule is Cc1c2ccc3c1C(C)CC=NN3CCCCCC1CN(C3CCc4ccc(cc43)C2CC(=O)O)S(=O)(=O)c2ccccc2O1. The number of benzene rings is 3. The predicted octanol–water partition coefficient (Wildman–Crippen LogP) is 6.91. The zero-order chi connectivity index (χ0) is 31.3. The summed E-state index contributed by atoms with van der Waals surface area (Å²) in [4.78, 5) is 12.6. The summed E-state index contributed by atoms with van der Waals surface area (Å²) in [6.45, 7) is 5.40. The van der Waals surface area contributed by atoms with E-state index in [1.807, 2.05) is 12.3 Å². The van der Waals surface area contributed by atoms with Crippen molar-refractivity contribution in [1.29, 1.82) is 0 Å². The average molecular weight is 628 g/mol. The van der Waals surface area contributed by atoms with Crippen molar-refractivity contribution in [2.45, 2.75) is 94.1 Å². The van der Waals surface area contributed by atoms with Crippen molar-refractivity contribution < 1.29 is 23.1 Å². The summed E-state index contributed by atoms with van der Waals surface area (Å²) < 4.78 is 36.7. The van der Waals surface area contributed by atoms with E-state index in [2.05, 4.69) is 49.2 Å². The molecular formula is C36H41N3O5S. The molecule has 5 atom stereocenters. The van der Waals surface area contributed by atoms with Gasteiger partial charge in [-0.3, -0.25) is 9.80 Å². The standard InChI is InChI=1S/C36H41N3O5S/c1-23-17-18-37-38-19-7-3-4-8-27-22-39(45(42,43)34-10-6-5-9-33(34)44-27)31-15-13-25-11-12-26(20-30(25)31)29(21-35(40)41)28-14-16-32(38)36(23)24(28)2/h5-6,9-12,14,16,18,20,23,27,29,31H,3-4,7-8,13,15,17,19,21-22H2,1-2H3,(H,40,41). The number of sulfonamides is 1. The van der Waals surface area contributed by atoms with Crippen LogP contribution in [-0.4, -0.2) is 49.2 Å². The molecule has 0 saturated heterocycles. The molecule has 9 heteroatoms. The molecular weight excluding hydrogens is 586 g/mol. The van der Waals surface area contributed by atoms with Gasteiger partial charge in [0.15, 0.2) is 0 Å². The Balaban J connectivity index is 1.39. The van der Waals surface area contributed by atoms with Crippen LogP contribution in [0.4, 0.5) is 5.69 Å². The number of rotatable bonds is 2. The van der Waals surface area contributed by atoms with Gasteiger partial charge >= 0.3 is 5.97 Å². The molecule has 8 nitrogen and oxygen atoms in total. The van der Waals surface area contributed by atoms with E-state index in [0.29, 0.717) is 12.2 Å². The van der Waals surface area contributed by atoms with Crippen molar-refractivity contribution in [2.75, 3.05) is 18.1 Å². The normalized spacial score (nSPS) is 27.0. The second-order valence-electron chi connectivity index (χ2n) is 13.0. The topological polar surface area (TPSA) is 99.5 Å². The fourth-order valence-electron chi connectivity index (χ4n) is 7.97. The van der Waals surface area contributed by atoms with Gasteiger partial charge in [0.1, 0.15) is 16.7 Å². The Kier molecular flexibility index (Phi) is 7.94. The van der Waals surface area contributed by atoms with E-state index in [1.165, 1.54) is 5.56 Å². The molecule has 0 saturated carbocycles. The second-order valence-corrected chi connectivity index (χ2v) is 14.9. The van der Waals surface area contributed by atoms with Crippen LogP contribution in [0.3, 0.4) is 0 Å². The highest BCUT2D eigenvalue weighted by Crippen LogP contribution is 2.45. The fourth-order valence-corrected chi connectivity index (χ4v) is 9.76. The Bertz CT molecular complexity index is 1770. The van der Waals surface area contributed by atoms with Crippen molar-refractivity contribution in [3.63, 3.8) is 0 Å². The first kappa shape index (κ1) is 30.0. The highest BCUT2D eigenvalue weighted by atomic mass is 32.2. The van der Waals surface area contributed by atoms with Gasteiger partial charge in [-0.15, -0.1) is 0 Å². The number of para-hydroxylation sites is 1. The molecule has 236 valence electrons. The molecule has 4 heterocycles. The lowest BCUT2D eigenvalue weighted by Gasteiger charge is -2.30. The predicted molar refractivity (Wildman–Crippen MR) is 175 cm³/mol. The summed E-state index contributed by atoms with van der Waals surface area (Å²) in [6.07, 6.45) is 7.54. The first-order valence-electron chi connectivity index (χ1n) is 16.3. The van der Waals surface area contributed by atoms with Crippen LogP contribution in [0, 0.1) is 6.92 Å². The van der Waals surface area contributed by atoms with Crippen LogP contribution in [0.1, 0.15) is 103 Å². The van der Waals surface area contributed by atoms with E-state index in [-0.39, 0.29) is 41.8 Å². The molecule has 1 N–H and O–H groups in total. The lowest BCUT2D eigenvalue weighted by molar-refractivity contribution is -0.137. The van der Waals surface area contributed by atoms with Gasteiger partial charge in [-0.2, -0.15) is 9.41 Å². The van der Waals surface area contributed by atoms with Gasteiger partial charge in [-0.25, -0.2) is 8.42 Å². The van der Waals surface area contributed by atoms with Crippen molar-refractivity contribution in [1.82, 2.24) is 4.31 Å². The van der Waals surface area contributed by atoms with Crippen LogP contribution in [-0.2, 0) is 21.2 Å². The minimum Gasteiger partial charge on any atom is -0.488 e. The van der Waals surface area contributed by atoms with Crippen LogP contribution < -0.4 is 9.75 Å². The summed E-state index contributed by atoms with van der Waals surface area (Å²) in [5, 5.41) is 17.1. The quantitative estimate of drug-likeness (QED) is 0.331. The number of carbonyl (C=O) groups is 1. The summed E-state index contributed by atoms with van der Waals surface area (Å²) in [5.41, 5.74) is 7.46. The zero-order valence-corrected chi connectivity index (χ0v) is 26.8. The lowest BCUT2D eigenvalue weighted by atomic mass is 9.80. The number of ether oxygens (including phenoxy) is 1. The smallest absolute Gasteiger partial charge is 0.304 e. The number of hydrogen-bond acceptors (Lipinski definition) is 6. The molecule has 0 radical (unpaired) electrons. The number of carboxylic acids is 1. The summed E-state index contributed by atoms with van der Waals surface area (Å²) >= 11 is 0. The fraction of sp³-hybridized carbons (Fsp3) is 0.444. The molecule has 8 rings (SSSR count). The largest absolute Gasteiger partial charge is 0.488 e. The van der Waals surface area contributed by atoms with E-state index in [4.69, 9.17) is 9.84 Å². The second kappa shape index (κ2) is 11.9. The first-order valence-corrected chi connectivity index (χ1v) is 17.7. The van der Waals surface area contributed by atoms with Crippen LogP contribution in [0.2, 0.25) is 0 Å². The van der Waals surface area contributed by atoms with Crippen molar-refractivity contribution in [3.05, 3.63) is 88.0 Å². The van der Waals surface area contributed by atoms with E-state index in [1.54, 1.807) is 22.5 Å². The Morgan fingerprint density at radius 3 is 2.73 bits per heavy atom. The number of anilines is 1. The minimum absolute atomic E-state index is 0.0526. The number of aryl methyl sites for hydroxylation is 1. The molecule has 8 bridgehead atoms. The summed E-state index contributed by atoms with van der Waals surface area (Å²) in [5.74, 6) is -0.574. The molecule has 0 spiro atoms. The Morgan fingerprint density at radius 1 is 1.04 bits per heavy atom. The number of hydrogen-bond donors (Lipinski definition) is 1. The summed E-state index contributed by atoms with van der Waals surface area (Å²) in [6, 6.07) is 17.1. The monoisotopic (exact) mass is 627 g/mol. The first-order chi connectivity index (χ1) is 21.7. The number of carboxylic acid groups (broad SMARTS) is 1. The van der Waals surface area contributed by atoms with Gasteiger partial charge in [-0.1, -0.05) is 49.7 Å². The van der Waals surface area contributed by atoms with E-state index >= 15 is 0 Å². The Morgan fingerprint density at radius 2 is 1.89 bits per heavy atom. The van der Waals surface area contributed by atoms with Gasteiger partial charge in [0.05, 0.1) is 24.7 Å². The zero-order valence-electron chi connectivity index (χ0n) is 26.0. The molecule has 3 aromatic rings. The third-order valence-electron chi connectivity index (χ3n) is 10.2. The van der Waals surface area contributed by atoms with E-state index in [9.17, 15) is 18.3 Å². The van der Waals surface area contributed by atoms with Crippen LogP contribution in [0.25, 0.3) is 0 Å². The number of fused-ring (bicyclic) bond motifs is 6. The molecule has 5 aliphatic rings. The number of hydrazone groups is 1. The van der Waals surface area contributed by atoms with Crippen molar-refractivity contribution in [3.8, 4) is 5.75 Å². The maximum absolute atomic E-state index is 14.3. The molecule has 4 aliphatic heterocycles. The highest BCUT2D eigenvalue weighted by Gasteiger charge is 2.42. The van der Waals surface area contributed by atoms with Gasteiger partial charge in [0.2, 0.25) is 10.0 Å². The van der Waals surface area contributed by atoms with Crippen LogP contribution in [0.5, 0.6) is 5.75 Å². The number of aliphatic carboxylic acids is 1. The van der Waals surface area contributed by atoms with Crippen LogP contribution >= 0.6 is 0 Å². The van der Waals surface area contributed by atoms with Gasteiger partial charge in [-0.05, 0) is 103 Å². The van der Waals surface area contributed by atoms with Gasteiger partial charge < -0.3 is 9.84 Å². The molecule has 5 unspecified atom stereocenters. The maximum atomic E-state index is 14.3. The molecule has 0 aromatic heterocycles. The molecule has 0 amide bonds. The number of nitrogens with zero attached hydrogens (tertiary/aromatic N) is 3. The van der Waals surface area contributed by atoms with Gasteiger partial charge in [0.25, 0.3) is 0 Å². The molecule has 0 fully saturated rings. The minimum atomic E-state index is -3.84. The Hall–Kier alpha value is -3.69. The molecule has 3 aromatic carbocycles. The van der Waals surface area contributed by atoms with E-state index < -0.39 is 16.0 Å². The summed E-state index contributed by atoms with van der Waals surface area (Å²) in [7, 11) is -3.84. The molecule has 45 heavy (non-hydrogen) atoms. The van der Waals surface area contributed by atoms with E-state index in [0.717, 1.165) is 78.6 Å². The third-order valence-corrected chi connectivity index (χ3v) is 12.1. The lowest BCUT2D eigenvalue weighted by Crippen LogP contribution is -2.39. The maximum Gasteiger partial charge on any atom is 0.304 e.